The summed E-state index contributed by atoms with van der Waals surface area (Å²) < 4.78 is 4.89. The van der Waals surface area contributed by atoms with Gasteiger partial charge in [-0.05, 0) is 17.9 Å². The van der Waals surface area contributed by atoms with Gasteiger partial charge in [-0.25, -0.2) is 0 Å². The Labute approximate surface area is 97.6 Å². The number of carbonyl (C=O) groups is 1. The molecular formula is C14H20O2. The lowest BCUT2D eigenvalue weighted by Gasteiger charge is -2.06. The van der Waals surface area contributed by atoms with Crippen molar-refractivity contribution >= 4 is 5.78 Å². The van der Waals surface area contributed by atoms with Gasteiger partial charge in [-0.15, -0.1) is 0 Å². The van der Waals surface area contributed by atoms with E-state index in [0.29, 0.717) is 18.9 Å². The van der Waals surface area contributed by atoms with Gasteiger partial charge >= 0.3 is 0 Å². The summed E-state index contributed by atoms with van der Waals surface area (Å²) in [7, 11) is 1.61. The molecule has 0 fully saturated rings. The Morgan fingerprint density at radius 1 is 1.25 bits per heavy atom. The van der Waals surface area contributed by atoms with Gasteiger partial charge in [0.25, 0.3) is 0 Å². The van der Waals surface area contributed by atoms with Gasteiger partial charge in [-0.1, -0.05) is 38.1 Å². The highest BCUT2D eigenvalue weighted by Crippen LogP contribution is 2.11. The van der Waals surface area contributed by atoms with Crippen molar-refractivity contribution in [2.45, 2.75) is 26.7 Å². The van der Waals surface area contributed by atoms with Crippen molar-refractivity contribution < 1.29 is 9.53 Å². The number of ether oxygens (including phenoxy) is 1. The van der Waals surface area contributed by atoms with Crippen molar-refractivity contribution in [1.29, 1.82) is 0 Å². The van der Waals surface area contributed by atoms with E-state index < -0.39 is 0 Å². The maximum absolute atomic E-state index is 11.7. The first-order valence-corrected chi connectivity index (χ1v) is 5.74. The molecule has 16 heavy (non-hydrogen) atoms. The highest BCUT2D eigenvalue weighted by molar-refractivity contribution is 5.96. The Balaban J connectivity index is 2.60. The van der Waals surface area contributed by atoms with E-state index in [1.807, 2.05) is 24.3 Å². The number of ketones is 1. The minimum absolute atomic E-state index is 0.151. The Morgan fingerprint density at radius 2 is 1.88 bits per heavy atom. The van der Waals surface area contributed by atoms with Gasteiger partial charge in [0.05, 0.1) is 6.61 Å². The predicted octanol–water partition coefficient (Wildman–Crippen LogP) is 3.10. The Morgan fingerprint density at radius 3 is 2.38 bits per heavy atom. The van der Waals surface area contributed by atoms with E-state index in [1.165, 1.54) is 5.56 Å². The number of carbonyl (C=O) groups excluding carboxylic acids is 1. The highest BCUT2D eigenvalue weighted by Gasteiger charge is 2.05. The highest BCUT2D eigenvalue weighted by atomic mass is 16.5. The van der Waals surface area contributed by atoms with E-state index in [4.69, 9.17) is 4.74 Å². The fourth-order valence-corrected chi connectivity index (χ4v) is 1.64. The molecule has 2 nitrogen and oxygen atoms in total. The average Bonchev–Trinajstić information content (AvgIpc) is 2.26. The molecule has 0 aliphatic rings. The molecule has 0 heterocycles. The quantitative estimate of drug-likeness (QED) is 0.689. The Hall–Kier alpha value is -1.15. The van der Waals surface area contributed by atoms with Crippen LogP contribution in [0, 0.1) is 5.92 Å². The van der Waals surface area contributed by atoms with Crippen LogP contribution in [0.3, 0.4) is 0 Å². The SMILES string of the molecule is COCCC(=O)c1ccc(CC(C)C)cc1. The zero-order valence-electron chi connectivity index (χ0n) is 10.3. The second kappa shape index (κ2) is 6.44. The van der Waals surface area contributed by atoms with Crippen LogP contribution < -0.4 is 0 Å². The van der Waals surface area contributed by atoms with Crippen molar-refractivity contribution in [3.05, 3.63) is 35.4 Å². The second-order valence-electron chi connectivity index (χ2n) is 4.46. The Bertz CT molecular complexity index is 325. The summed E-state index contributed by atoms with van der Waals surface area (Å²) in [6, 6.07) is 7.91. The molecule has 0 unspecified atom stereocenters. The lowest BCUT2D eigenvalue weighted by atomic mass is 10.00. The van der Waals surface area contributed by atoms with Crippen molar-refractivity contribution in [3.63, 3.8) is 0 Å². The van der Waals surface area contributed by atoms with Crippen molar-refractivity contribution in [3.8, 4) is 0 Å². The van der Waals surface area contributed by atoms with Gasteiger partial charge in [-0.2, -0.15) is 0 Å². The van der Waals surface area contributed by atoms with Crippen LogP contribution in [0.4, 0.5) is 0 Å². The number of rotatable bonds is 6. The maximum Gasteiger partial charge on any atom is 0.165 e. The van der Waals surface area contributed by atoms with Crippen LogP contribution in [0.15, 0.2) is 24.3 Å². The summed E-state index contributed by atoms with van der Waals surface area (Å²) in [5.41, 5.74) is 2.07. The second-order valence-corrected chi connectivity index (χ2v) is 4.46. The molecule has 0 spiro atoms. The van der Waals surface area contributed by atoms with Gasteiger partial charge in [0.1, 0.15) is 0 Å². The molecule has 0 atom stereocenters. The molecule has 88 valence electrons. The van der Waals surface area contributed by atoms with E-state index in [2.05, 4.69) is 13.8 Å². The molecule has 0 bridgehead atoms. The largest absolute Gasteiger partial charge is 0.384 e. The summed E-state index contributed by atoms with van der Waals surface area (Å²) in [6.45, 7) is 4.88. The summed E-state index contributed by atoms with van der Waals surface area (Å²) >= 11 is 0. The molecule has 0 saturated heterocycles. The molecule has 0 N–H and O–H groups in total. The normalized spacial score (nSPS) is 10.8. The monoisotopic (exact) mass is 220 g/mol. The zero-order chi connectivity index (χ0) is 12.0. The van der Waals surface area contributed by atoms with Gasteiger partial charge in [0.15, 0.2) is 5.78 Å². The van der Waals surface area contributed by atoms with Crippen LogP contribution in [0.1, 0.15) is 36.2 Å². The van der Waals surface area contributed by atoms with Crippen LogP contribution in [-0.2, 0) is 11.2 Å². The lowest BCUT2D eigenvalue weighted by molar-refractivity contribution is 0.0932. The standard InChI is InChI=1S/C14H20O2/c1-11(2)10-12-4-6-13(7-5-12)14(15)8-9-16-3/h4-7,11H,8-10H2,1-3H3. The topological polar surface area (TPSA) is 26.3 Å². The van der Waals surface area contributed by atoms with Crippen LogP contribution in [-0.4, -0.2) is 19.5 Å². The van der Waals surface area contributed by atoms with Gasteiger partial charge in [0.2, 0.25) is 0 Å². The molecule has 0 aliphatic carbocycles. The summed E-state index contributed by atoms with van der Waals surface area (Å²) in [5.74, 6) is 0.799. The smallest absolute Gasteiger partial charge is 0.165 e. The Kier molecular flexibility index (Phi) is 5.20. The first kappa shape index (κ1) is 12.9. The first-order valence-electron chi connectivity index (χ1n) is 5.74. The van der Waals surface area contributed by atoms with E-state index in [-0.39, 0.29) is 5.78 Å². The molecule has 1 aromatic carbocycles. The first-order chi connectivity index (χ1) is 7.63. The summed E-state index contributed by atoms with van der Waals surface area (Å²) in [4.78, 5) is 11.7. The summed E-state index contributed by atoms with van der Waals surface area (Å²) in [5, 5.41) is 0. The molecule has 0 amide bonds. The molecule has 2 heteroatoms. The number of methoxy groups -OCH3 is 1. The number of Topliss-reactive ketones (excluding diaryl/α,β-unsaturated/α-hetero) is 1. The molecule has 0 radical (unpaired) electrons. The van der Waals surface area contributed by atoms with Crippen LogP contribution in [0.5, 0.6) is 0 Å². The van der Waals surface area contributed by atoms with E-state index in [1.54, 1.807) is 7.11 Å². The maximum atomic E-state index is 11.7. The summed E-state index contributed by atoms with van der Waals surface area (Å²) in [6.07, 6.45) is 1.52. The molecule has 1 rings (SSSR count). The third-order valence-electron chi connectivity index (χ3n) is 2.45. The molecule has 0 aliphatic heterocycles. The minimum Gasteiger partial charge on any atom is -0.384 e. The fraction of sp³-hybridized carbons (Fsp3) is 0.500. The van der Waals surface area contributed by atoms with Crippen LogP contribution in [0.25, 0.3) is 0 Å². The molecule has 0 saturated carbocycles. The molecular weight excluding hydrogens is 200 g/mol. The zero-order valence-corrected chi connectivity index (χ0v) is 10.3. The number of hydrogen-bond acceptors (Lipinski definition) is 2. The fourth-order valence-electron chi connectivity index (χ4n) is 1.64. The average molecular weight is 220 g/mol. The number of benzene rings is 1. The molecule has 1 aromatic rings. The van der Waals surface area contributed by atoms with Crippen molar-refractivity contribution in [2.24, 2.45) is 5.92 Å². The third kappa shape index (κ3) is 4.15. The van der Waals surface area contributed by atoms with Gasteiger partial charge in [0, 0.05) is 19.1 Å². The molecule has 0 aromatic heterocycles. The lowest BCUT2D eigenvalue weighted by Crippen LogP contribution is -2.03. The van der Waals surface area contributed by atoms with Crippen LogP contribution in [0.2, 0.25) is 0 Å². The van der Waals surface area contributed by atoms with E-state index in [0.717, 1.165) is 12.0 Å². The van der Waals surface area contributed by atoms with Crippen LogP contribution >= 0.6 is 0 Å². The predicted molar refractivity (Wildman–Crippen MR) is 65.8 cm³/mol. The van der Waals surface area contributed by atoms with Crippen molar-refractivity contribution in [2.75, 3.05) is 13.7 Å². The number of hydrogen-bond donors (Lipinski definition) is 0. The third-order valence-corrected chi connectivity index (χ3v) is 2.45. The van der Waals surface area contributed by atoms with Crippen molar-refractivity contribution in [1.82, 2.24) is 0 Å². The van der Waals surface area contributed by atoms with Gasteiger partial charge in [-0.3, -0.25) is 4.79 Å². The van der Waals surface area contributed by atoms with E-state index >= 15 is 0 Å². The van der Waals surface area contributed by atoms with Gasteiger partial charge < -0.3 is 4.74 Å². The van der Waals surface area contributed by atoms with E-state index in [9.17, 15) is 4.79 Å². The minimum atomic E-state index is 0.151.